The molecule has 35 heavy (non-hydrogen) atoms. The predicted molar refractivity (Wildman–Crippen MR) is 129 cm³/mol. The van der Waals surface area contributed by atoms with Crippen LogP contribution in [0, 0.1) is 17.8 Å². The number of nitrogens with one attached hydrogen (secondary N) is 1. The standard InChI is InChI=1S/C26H30FN3O4S/c27-25-22(5-3-13-28-25)23-17-30(24-6-2-1-4-21(23)24)35(32,33)20-9-7-19(8-10-20)26(31)29-16-18-11-14-34-15-12-18/h3,5,7-10,13,17-18,21,24H,1-2,4,6,11-12,14-16H2,(H,29,31)/t21?,24-/m1/s1. The van der Waals surface area contributed by atoms with Crippen LogP contribution in [0.3, 0.4) is 0 Å². The molecule has 3 aliphatic rings. The second-order valence-electron chi connectivity index (χ2n) is 9.51. The molecule has 3 heterocycles. The van der Waals surface area contributed by atoms with Gasteiger partial charge >= 0.3 is 0 Å². The molecular weight excluding hydrogens is 469 g/mol. The second-order valence-corrected chi connectivity index (χ2v) is 11.4. The Labute approximate surface area is 205 Å². The summed E-state index contributed by atoms with van der Waals surface area (Å²) in [6, 6.07) is 9.13. The maximum absolute atomic E-state index is 14.5. The molecule has 1 N–H and O–H groups in total. The molecule has 1 saturated carbocycles. The first-order chi connectivity index (χ1) is 16.9. The fourth-order valence-electron chi connectivity index (χ4n) is 5.42. The number of halogens is 1. The van der Waals surface area contributed by atoms with Gasteiger partial charge in [0, 0.05) is 49.2 Å². The molecule has 2 aliphatic heterocycles. The molecule has 9 heteroatoms. The number of carbonyl (C=O) groups is 1. The van der Waals surface area contributed by atoms with E-state index in [1.807, 2.05) is 0 Å². The first-order valence-electron chi connectivity index (χ1n) is 12.3. The van der Waals surface area contributed by atoms with Gasteiger partial charge in [0.05, 0.1) is 10.9 Å². The third kappa shape index (κ3) is 4.84. The van der Waals surface area contributed by atoms with Crippen molar-refractivity contribution < 1.29 is 22.3 Å². The van der Waals surface area contributed by atoms with Gasteiger partial charge in [-0.15, -0.1) is 0 Å². The highest BCUT2D eigenvalue weighted by Crippen LogP contribution is 2.45. The molecule has 0 spiro atoms. The van der Waals surface area contributed by atoms with Crippen molar-refractivity contribution >= 4 is 21.5 Å². The molecule has 1 saturated heterocycles. The van der Waals surface area contributed by atoms with E-state index in [0.717, 1.165) is 51.7 Å². The van der Waals surface area contributed by atoms with Gasteiger partial charge in [0.15, 0.2) is 0 Å². The highest BCUT2D eigenvalue weighted by molar-refractivity contribution is 7.89. The maximum atomic E-state index is 14.5. The average molecular weight is 500 g/mol. The van der Waals surface area contributed by atoms with Crippen molar-refractivity contribution in [3.05, 3.63) is 65.9 Å². The Morgan fingerprint density at radius 3 is 2.57 bits per heavy atom. The van der Waals surface area contributed by atoms with Gasteiger partial charge in [-0.25, -0.2) is 13.4 Å². The first kappa shape index (κ1) is 23.9. The highest BCUT2D eigenvalue weighted by Gasteiger charge is 2.43. The van der Waals surface area contributed by atoms with E-state index in [1.54, 1.807) is 30.5 Å². The zero-order valence-electron chi connectivity index (χ0n) is 19.5. The fourth-order valence-corrected chi connectivity index (χ4v) is 7.00. The van der Waals surface area contributed by atoms with Crippen molar-refractivity contribution in [2.45, 2.75) is 49.5 Å². The number of nitrogens with zero attached hydrogens (tertiary/aromatic N) is 2. The van der Waals surface area contributed by atoms with Crippen molar-refractivity contribution in [2.24, 2.45) is 11.8 Å². The molecule has 186 valence electrons. The Hall–Kier alpha value is -2.78. The van der Waals surface area contributed by atoms with Crippen LogP contribution in [0.5, 0.6) is 0 Å². The first-order valence-corrected chi connectivity index (χ1v) is 13.7. The normalized spacial score (nSPS) is 23.0. The average Bonchev–Trinajstić information content (AvgIpc) is 3.29. The van der Waals surface area contributed by atoms with Crippen LogP contribution in [0.2, 0.25) is 0 Å². The highest BCUT2D eigenvalue weighted by atomic mass is 32.2. The van der Waals surface area contributed by atoms with E-state index in [2.05, 4.69) is 10.3 Å². The second kappa shape index (κ2) is 10.1. The molecule has 1 amide bonds. The van der Waals surface area contributed by atoms with Gasteiger partial charge in [0.25, 0.3) is 15.9 Å². The molecule has 0 radical (unpaired) electrons. The summed E-state index contributed by atoms with van der Waals surface area (Å²) in [5, 5.41) is 2.94. The van der Waals surface area contributed by atoms with Crippen molar-refractivity contribution in [3.8, 4) is 0 Å². The Kier molecular flexibility index (Phi) is 6.88. The summed E-state index contributed by atoms with van der Waals surface area (Å²) in [7, 11) is -3.87. The number of ether oxygens (including phenoxy) is 1. The summed E-state index contributed by atoms with van der Waals surface area (Å²) >= 11 is 0. The van der Waals surface area contributed by atoms with Crippen LogP contribution < -0.4 is 5.32 Å². The lowest BCUT2D eigenvalue weighted by molar-refractivity contribution is 0.0642. The third-order valence-electron chi connectivity index (χ3n) is 7.38. The Morgan fingerprint density at radius 2 is 1.83 bits per heavy atom. The number of rotatable bonds is 6. The van der Waals surface area contributed by atoms with E-state index in [1.165, 1.54) is 22.6 Å². The molecule has 7 nitrogen and oxygen atoms in total. The summed E-state index contributed by atoms with van der Waals surface area (Å²) in [6.45, 7) is 2.02. The van der Waals surface area contributed by atoms with E-state index in [4.69, 9.17) is 4.74 Å². The molecule has 2 atom stereocenters. The number of carbonyl (C=O) groups excluding carboxylic acids is 1. The van der Waals surface area contributed by atoms with Gasteiger partial charge in [-0.3, -0.25) is 9.10 Å². The van der Waals surface area contributed by atoms with Crippen molar-refractivity contribution in [1.82, 2.24) is 14.6 Å². The van der Waals surface area contributed by atoms with Gasteiger partial charge in [-0.1, -0.05) is 12.8 Å². The molecule has 2 aromatic rings. The van der Waals surface area contributed by atoms with Crippen molar-refractivity contribution in [2.75, 3.05) is 19.8 Å². The Morgan fingerprint density at radius 1 is 1.09 bits per heavy atom. The van der Waals surface area contributed by atoms with Gasteiger partial charge in [0.2, 0.25) is 5.95 Å². The minimum atomic E-state index is -3.87. The number of benzene rings is 1. The van der Waals surface area contributed by atoms with E-state index < -0.39 is 16.0 Å². The number of hydrogen-bond donors (Lipinski definition) is 1. The number of amides is 1. The topological polar surface area (TPSA) is 88.6 Å². The number of sulfonamides is 1. The largest absolute Gasteiger partial charge is 0.381 e. The van der Waals surface area contributed by atoms with Crippen LogP contribution in [0.25, 0.3) is 5.57 Å². The van der Waals surface area contributed by atoms with Crippen LogP contribution in [-0.4, -0.2) is 49.4 Å². The number of fused-ring (bicyclic) bond motifs is 1. The van der Waals surface area contributed by atoms with E-state index in [9.17, 15) is 17.6 Å². The van der Waals surface area contributed by atoms with Crippen molar-refractivity contribution in [1.29, 1.82) is 0 Å². The quantitative estimate of drug-likeness (QED) is 0.608. The predicted octanol–water partition coefficient (Wildman–Crippen LogP) is 3.98. The lowest BCUT2D eigenvalue weighted by atomic mass is 9.80. The van der Waals surface area contributed by atoms with Crippen LogP contribution in [0.4, 0.5) is 4.39 Å². The molecule has 1 aromatic carbocycles. The third-order valence-corrected chi connectivity index (χ3v) is 9.18. The number of pyridine rings is 1. The minimum Gasteiger partial charge on any atom is -0.381 e. The molecule has 1 aliphatic carbocycles. The zero-order valence-corrected chi connectivity index (χ0v) is 20.3. The summed E-state index contributed by atoms with van der Waals surface area (Å²) in [6.07, 6.45) is 8.26. The van der Waals surface area contributed by atoms with Crippen molar-refractivity contribution in [3.63, 3.8) is 0 Å². The lowest BCUT2D eigenvalue weighted by Crippen LogP contribution is -2.38. The SMILES string of the molecule is O=C(NCC1CCOCC1)c1ccc(S(=O)(=O)N2C=C(c3cccnc3F)C3CCCC[C@H]32)cc1. The van der Waals surface area contributed by atoms with E-state index in [0.29, 0.717) is 29.2 Å². The molecule has 0 bridgehead atoms. The zero-order chi connectivity index (χ0) is 24.4. The minimum absolute atomic E-state index is 0.0625. The van der Waals surface area contributed by atoms with Crippen LogP contribution in [0.15, 0.2) is 53.7 Å². The summed E-state index contributed by atoms with van der Waals surface area (Å²) in [4.78, 5) is 16.4. The number of hydrogen-bond acceptors (Lipinski definition) is 5. The molecular formula is C26H30FN3O4S. The van der Waals surface area contributed by atoms with Gasteiger partial charge < -0.3 is 10.1 Å². The van der Waals surface area contributed by atoms with Gasteiger partial charge in [-0.2, -0.15) is 4.39 Å². The summed E-state index contributed by atoms with van der Waals surface area (Å²) in [5.74, 6) is -0.467. The van der Waals surface area contributed by atoms with Crippen LogP contribution in [0.1, 0.15) is 54.4 Å². The summed E-state index contributed by atoms with van der Waals surface area (Å²) < 4.78 is 48.5. The van der Waals surface area contributed by atoms with Gasteiger partial charge in [0.1, 0.15) is 0 Å². The van der Waals surface area contributed by atoms with E-state index in [-0.39, 0.29) is 22.8 Å². The van der Waals surface area contributed by atoms with E-state index >= 15 is 0 Å². The number of aromatic nitrogens is 1. The molecule has 1 unspecified atom stereocenters. The molecule has 1 aromatic heterocycles. The smallest absolute Gasteiger partial charge is 0.264 e. The maximum Gasteiger partial charge on any atom is 0.264 e. The van der Waals surface area contributed by atoms with Crippen LogP contribution >= 0.6 is 0 Å². The molecule has 5 rings (SSSR count). The van der Waals surface area contributed by atoms with Crippen LogP contribution in [-0.2, 0) is 14.8 Å². The Bertz CT molecular complexity index is 1210. The monoisotopic (exact) mass is 499 g/mol. The fraction of sp³-hybridized carbons (Fsp3) is 0.462. The Balaban J connectivity index is 1.35. The molecule has 2 fully saturated rings. The lowest BCUT2D eigenvalue weighted by Gasteiger charge is -2.33. The van der Waals surface area contributed by atoms with Gasteiger partial charge in [-0.05, 0) is 73.6 Å². The summed E-state index contributed by atoms with van der Waals surface area (Å²) in [5.41, 5.74) is 1.47.